The average molecular weight is 279 g/mol. The number of benzene rings is 1. The molecule has 2 aromatic rings. The Hall–Kier alpha value is -1.94. The third kappa shape index (κ3) is 3.76. The second kappa shape index (κ2) is 5.80. The zero-order valence-corrected chi connectivity index (χ0v) is 11.5. The van der Waals surface area contributed by atoms with Gasteiger partial charge in [-0.2, -0.15) is 0 Å². The Morgan fingerprint density at radius 3 is 2.68 bits per heavy atom. The minimum atomic E-state index is -0.297. The van der Waals surface area contributed by atoms with Crippen LogP contribution in [0.25, 0.3) is 0 Å². The summed E-state index contributed by atoms with van der Waals surface area (Å²) < 4.78 is 5.36. The number of nitrogens with one attached hydrogen (secondary N) is 2. The number of carbonyl (C=O) groups is 1. The average Bonchev–Trinajstić information content (AvgIpc) is 2.77. The topological polar surface area (TPSA) is 54.3 Å². The fourth-order valence-corrected chi connectivity index (χ4v) is 1.77. The van der Waals surface area contributed by atoms with Crippen molar-refractivity contribution in [2.45, 2.75) is 20.4 Å². The molecule has 0 aliphatic rings. The minimum absolute atomic E-state index is 0.297. The van der Waals surface area contributed by atoms with E-state index in [4.69, 9.17) is 16.0 Å². The number of hydrogen-bond acceptors (Lipinski definition) is 2. The quantitative estimate of drug-likeness (QED) is 0.895. The van der Waals surface area contributed by atoms with Crippen LogP contribution in [-0.2, 0) is 6.54 Å². The van der Waals surface area contributed by atoms with Crippen LogP contribution in [-0.4, -0.2) is 6.03 Å². The van der Waals surface area contributed by atoms with Crippen molar-refractivity contribution >= 4 is 23.3 Å². The van der Waals surface area contributed by atoms with Crippen LogP contribution < -0.4 is 10.6 Å². The molecule has 0 fully saturated rings. The maximum Gasteiger partial charge on any atom is 0.319 e. The van der Waals surface area contributed by atoms with Gasteiger partial charge in [-0.1, -0.05) is 17.7 Å². The summed E-state index contributed by atoms with van der Waals surface area (Å²) in [6, 6.07) is 8.76. The first-order chi connectivity index (χ1) is 9.04. The molecule has 5 heteroatoms. The Bertz CT molecular complexity index is 593. The van der Waals surface area contributed by atoms with Gasteiger partial charge in [0.05, 0.1) is 6.54 Å². The van der Waals surface area contributed by atoms with E-state index in [2.05, 4.69) is 10.6 Å². The third-order valence-electron chi connectivity index (χ3n) is 2.65. The largest absolute Gasteiger partial charge is 0.465 e. The lowest BCUT2D eigenvalue weighted by atomic mass is 10.2. The molecule has 1 aromatic heterocycles. The number of halogens is 1. The predicted molar refractivity (Wildman–Crippen MR) is 75.5 cm³/mol. The van der Waals surface area contributed by atoms with Gasteiger partial charge in [-0.25, -0.2) is 4.79 Å². The number of urea groups is 1. The first kappa shape index (κ1) is 13.5. The number of furan rings is 1. The van der Waals surface area contributed by atoms with E-state index in [0.29, 0.717) is 17.3 Å². The molecule has 0 radical (unpaired) electrons. The van der Waals surface area contributed by atoms with Gasteiger partial charge in [-0.05, 0) is 43.7 Å². The first-order valence-corrected chi connectivity index (χ1v) is 6.29. The standard InChI is InChI=1S/C14H15ClN2O2/c1-9-3-5-11(7-13(9)15)17-14(18)16-8-12-6-4-10(2)19-12/h3-7H,8H2,1-2H3,(H2,16,17,18). The molecule has 0 aliphatic heterocycles. The fourth-order valence-electron chi connectivity index (χ4n) is 1.59. The van der Waals surface area contributed by atoms with Crippen LogP contribution in [0.5, 0.6) is 0 Å². The highest BCUT2D eigenvalue weighted by Gasteiger charge is 2.05. The van der Waals surface area contributed by atoms with Crippen molar-refractivity contribution in [3.63, 3.8) is 0 Å². The summed E-state index contributed by atoms with van der Waals surface area (Å²) in [6.07, 6.45) is 0. The molecule has 0 atom stereocenters. The molecule has 0 saturated heterocycles. The van der Waals surface area contributed by atoms with Crippen LogP contribution >= 0.6 is 11.6 Å². The predicted octanol–water partition coefficient (Wildman–Crippen LogP) is 3.87. The van der Waals surface area contributed by atoms with Crippen LogP contribution in [0.4, 0.5) is 10.5 Å². The zero-order valence-electron chi connectivity index (χ0n) is 10.8. The van der Waals surface area contributed by atoms with Crippen LogP contribution in [0.1, 0.15) is 17.1 Å². The molecule has 100 valence electrons. The molecule has 2 N–H and O–H groups in total. The van der Waals surface area contributed by atoms with E-state index in [1.807, 2.05) is 32.0 Å². The summed E-state index contributed by atoms with van der Waals surface area (Å²) in [4.78, 5) is 11.7. The van der Waals surface area contributed by atoms with Crippen molar-refractivity contribution in [1.29, 1.82) is 0 Å². The van der Waals surface area contributed by atoms with Crippen LogP contribution in [0.3, 0.4) is 0 Å². The maximum atomic E-state index is 11.7. The number of aryl methyl sites for hydroxylation is 2. The molecular formula is C14H15ClN2O2. The van der Waals surface area contributed by atoms with E-state index in [-0.39, 0.29) is 6.03 Å². The van der Waals surface area contributed by atoms with Crippen LogP contribution in [0.2, 0.25) is 5.02 Å². The molecule has 0 unspecified atom stereocenters. The normalized spacial score (nSPS) is 10.3. The summed E-state index contributed by atoms with van der Waals surface area (Å²) >= 11 is 5.99. The Labute approximate surface area is 116 Å². The Kier molecular flexibility index (Phi) is 4.12. The Balaban J connectivity index is 1.88. The van der Waals surface area contributed by atoms with Gasteiger partial charge >= 0.3 is 6.03 Å². The molecule has 1 aromatic carbocycles. The van der Waals surface area contributed by atoms with E-state index in [9.17, 15) is 4.79 Å². The van der Waals surface area contributed by atoms with Crippen molar-refractivity contribution in [3.05, 3.63) is 52.4 Å². The highest BCUT2D eigenvalue weighted by atomic mass is 35.5. The second-order valence-electron chi connectivity index (χ2n) is 4.28. The lowest BCUT2D eigenvalue weighted by Crippen LogP contribution is -2.27. The fraction of sp³-hybridized carbons (Fsp3) is 0.214. The van der Waals surface area contributed by atoms with E-state index in [1.54, 1.807) is 12.1 Å². The highest BCUT2D eigenvalue weighted by Crippen LogP contribution is 2.19. The highest BCUT2D eigenvalue weighted by molar-refractivity contribution is 6.31. The molecule has 0 aliphatic carbocycles. The van der Waals surface area contributed by atoms with E-state index >= 15 is 0 Å². The molecule has 19 heavy (non-hydrogen) atoms. The maximum absolute atomic E-state index is 11.7. The number of amides is 2. The molecule has 0 spiro atoms. The van der Waals surface area contributed by atoms with Crippen molar-refractivity contribution < 1.29 is 9.21 Å². The van der Waals surface area contributed by atoms with Gasteiger partial charge in [0.1, 0.15) is 11.5 Å². The van der Waals surface area contributed by atoms with Gasteiger partial charge in [0, 0.05) is 10.7 Å². The van der Waals surface area contributed by atoms with Gasteiger partial charge in [0.15, 0.2) is 0 Å². The van der Waals surface area contributed by atoms with E-state index in [0.717, 1.165) is 17.1 Å². The Morgan fingerprint density at radius 1 is 1.26 bits per heavy atom. The van der Waals surface area contributed by atoms with Gasteiger partial charge in [-0.3, -0.25) is 0 Å². The third-order valence-corrected chi connectivity index (χ3v) is 3.06. The summed E-state index contributed by atoms with van der Waals surface area (Å²) in [5.74, 6) is 1.54. The molecule has 2 amide bonds. The molecule has 4 nitrogen and oxygen atoms in total. The zero-order chi connectivity index (χ0) is 13.8. The molecule has 0 saturated carbocycles. The SMILES string of the molecule is Cc1ccc(CNC(=O)Nc2ccc(C)c(Cl)c2)o1. The van der Waals surface area contributed by atoms with E-state index < -0.39 is 0 Å². The van der Waals surface area contributed by atoms with Gasteiger partial charge in [-0.15, -0.1) is 0 Å². The first-order valence-electron chi connectivity index (χ1n) is 5.91. The minimum Gasteiger partial charge on any atom is -0.465 e. The van der Waals surface area contributed by atoms with Crippen molar-refractivity contribution in [1.82, 2.24) is 5.32 Å². The number of anilines is 1. The van der Waals surface area contributed by atoms with Crippen molar-refractivity contribution in [2.24, 2.45) is 0 Å². The van der Waals surface area contributed by atoms with E-state index in [1.165, 1.54) is 0 Å². The van der Waals surface area contributed by atoms with Crippen molar-refractivity contribution in [2.75, 3.05) is 5.32 Å². The van der Waals surface area contributed by atoms with Gasteiger partial charge in [0.2, 0.25) is 0 Å². The molecular weight excluding hydrogens is 264 g/mol. The number of carbonyl (C=O) groups excluding carboxylic acids is 1. The van der Waals surface area contributed by atoms with Gasteiger partial charge in [0.25, 0.3) is 0 Å². The summed E-state index contributed by atoms with van der Waals surface area (Å²) in [5.41, 5.74) is 1.63. The molecule has 1 heterocycles. The molecule has 2 rings (SSSR count). The van der Waals surface area contributed by atoms with Gasteiger partial charge < -0.3 is 15.1 Å². The Morgan fingerprint density at radius 2 is 2.05 bits per heavy atom. The lowest BCUT2D eigenvalue weighted by molar-refractivity contribution is 0.250. The number of rotatable bonds is 3. The van der Waals surface area contributed by atoms with Crippen molar-refractivity contribution in [3.8, 4) is 0 Å². The summed E-state index contributed by atoms with van der Waals surface area (Å²) in [7, 11) is 0. The lowest BCUT2D eigenvalue weighted by Gasteiger charge is -2.07. The van der Waals surface area contributed by atoms with Crippen LogP contribution in [0, 0.1) is 13.8 Å². The van der Waals surface area contributed by atoms with Crippen LogP contribution in [0.15, 0.2) is 34.7 Å². The smallest absolute Gasteiger partial charge is 0.319 e. The number of hydrogen-bond donors (Lipinski definition) is 2. The molecule has 0 bridgehead atoms. The second-order valence-corrected chi connectivity index (χ2v) is 4.69. The summed E-state index contributed by atoms with van der Waals surface area (Å²) in [5, 5.41) is 6.04. The summed E-state index contributed by atoms with van der Waals surface area (Å²) in [6.45, 7) is 4.11. The monoisotopic (exact) mass is 278 g/mol.